The van der Waals surface area contributed by atoms with Crippen LogP contribution in [0.1, 0.15) is 25.7 Å². The maximum absolute atomic E-state index is 10.9. The minimum absolute atomic E-state index is 0.180. The van der Waals surface area contributed by atoms with Gasteiger partial charge >= 0.3 is 0 Å². The van der Waals surface area contributed by atoms with Gasteiger partial charge in [-0.1, -0.05) is 0 Å². The molecule has 16 heavy (non-hydrogen) atoms. The minimum atomic E-state index is -0.629. The van der Waals surface area contributed by atoms with E-state index in [1.807, 2.05) is 0 Å². The summed E-state index contributed by atoms with van der Waals surface area (Å²) in [6, 6.07) is 0. The molecule has 2 bridgehead atoms. The monoisotopic (exact) mass is 226 g/mol. The average Bonchev–Trinajstić information content (AvgIpc) is 2.93. The summed E-state index contributed by atoms with van der Waals surface area (Å²) < 4.78 is 5.93. The van der Waals surface area contributed by atoms with E-state index in [-0.39, 0.29) is 11.5 Å². The van der Waals surface area contributed by atoms with Gasteiger partial charge in [-0.2, -0.15) is 0 Å². The number of nitrogens with zero attached hydrogens (tertiary/aromatic N) is 1. The van der Waals surface area contributed by atoms with E-state index in [2.05, 4.69) is 11.9 Å². The summed E-state index contributed by atoms with van der Waals surface area (Å²) in [5.74, 6) is 0. The van der Waals surface area contributed by atoms with Gasteiger partial charge in [0.05, 0.1) is 17.8 Å². The number of β-amino-alcohol motifs (C(OH)–C–C–N with tert-alkyl or cyclic N) is 1. The fourth-order valence-corrected chi connectivity index (χ4v) is 4.08. The lowest BCUT2D eigenvalue weighted by Gasteiger charge is -2.46. The topological polar surface area (TPSA) is 58.7 Å². The van der Waals surface area contributed by atoms with Crippen molar-refractivity contribution >= 4 is 0 Å². The Kier molecular flexibility index (Phi) is 2.34. The van der Waals surface area contributed by atoms with Crippen molar-refractivity contribution in [1.82, 2.24) is 4.90 Å². The minimum Gasteiger partial charge on any atom is -0.388 e. The highest BCUT2D eigenvalue weighted by molar-refractivity contribution is 5.14. The van der Waals surface area contributed by atoms with Gasteiger partial charge in [0.15, 0.2) is 0 Å². The van der Waals surface area contributed by atoms with Gasteiger partial charge in [0.2, 0.25) is 0 Å². The summed E-state index contributed by atoms with van der Waals surface area (Å²) in [6.07, 6.45) is 4.57. The quantitative estimate of drug-likeness (QED) is 0.693. The Morgan fingerprint density at radius 2 is 2.31 bits per heavy atom. The number of aliphatic hydroxyl groups is 1. The van der Waals surface area contributed by atoms with Crippen molar-refractivity contribution in [3.63, 3.8) is 0 Å². The molecule has 3 aliphatic heterocycles. The first kappa shape index (κ1) is 11.0. The smallest absolute Gasteiger partial charge is 0.0879 e. The van der Waals surface area contributed by atoms with Crippen LogP contribution in [-0.4, -0.2) is 54.5 Å². The van der Waals surface area contributed by atoms with Crippen molar-refractivity contribution < 1.29 is 9.84 Å². The van der Waals surface area contributed by atoms with Crippen LogP contribution in [-0.2, 0) is 4.74 Å². The van der Waals surface area contributed by atoms with Crippen molar-refractivity contribution in [2.75, 3.05) is 26.7 Å². The van der Waals surface area contributed by atoms with Gasteiger partial charge in [-0.05, 0) is 32.7 Å². The number of likely N-dealkylation sites (N-methyl/N-ethyl adjacent to an activating group) is 1. The molecule has 4 atom stereocenters. The molecule has 4 unspecified atom stereocenters. The van der Waals surface area contributed by atoms with Gasteiger partial charge in [-0.15, -0.1) is 0 Å². The molecule has 0 aromatic heterocycles. The third kappa shape index (κ3) is 1.24. The summed E-state index contributed by atoms with van der Waals surface area (Å²) in [5, 5.41) is 10.9. The molecule has 0 radical (unpaired) electrons. The molecule has 92 valence electrons. The number of hydrogen-bond donors (Lipinski definition) is 2. The summed E-state index contributed by atoms with van der Waals surface area (Å²) in [6.45, 7) is 2.27. The molecule has 4 heteroatoms. The second-order valence-electron chi connectivity index (χ2n) is 5.91. The summed E-state index contributed by atoms with van der Waals surface area (Å²) in [7, 11) is 2.07. The van der Waals surface area contributed by atoms with Gasteiger partial charge in [0.25, 0.3) is 0 Å². The van der Waals surface area contributed by atoms with Crippen molar-refractivity contribution in [2.24, 2.45) is 11.1 Å². The molecule has 0 amide bonds. The second kappa shape index (κ2) is 3.42. The van der Waals surface area contributed by atoms with Crippen molar-refractivity contribution in [3.05, 3.63) is 0 Å². The highest BCUT2D eigenvalue weighted by atomic mass is 16.5. The Morgan fingerprint density at radius 3 is 2.75 bits per heavy atom. The number of hydrogen-bond acceptors (Lipinski definition) is 4. The lowest BCUT2D eigenvalue weighted by atomic mass is 9.62. The van der Waals surface area contributed by atoms with Crippen LogP contribution in [0.5, 0.6) is 0 Å². The summed E-state index contributed by atoms with van der Waals surface area (Å²) >= 11 is 0. The first-order valence-electron chi connectivity index (χ1n) is 6.36. The normalized spacial score (nSPS) is 52.7. The van der Waals surface area contributed by atoms with E-state index in [4.69, 9.17) is 10.5 Å². The van der Waals surface area contributed by atoms with Crippen LogP contribution in [0.25, 0.3) is 0 Å². The third-order valence-electron chi connectivity index (χ3n) is 5.05. The van der Waals surface area contributed by atoms with Crippen LogP contribution in [0.2, 0.25) is 0 Å². The molecule has 3 N–H and O–H groups in total. The fraction of sp³-hybridized carbons (Fsp3) is 1.00. The number of fused-ring (bicyclic) bond motifs is 2. The van der Waals surface area contributed by atoms with Gasteiger partial charge in [-0.3, -0.25) is 0 Å². The van der Waals surface area contributed by atoms with Crippen LogP contribution in [0.3, 0.4) is 0 Å². The Bertz CT molecular complexity index is 299. The molecule has 4 nitrogen and oxygen atoms in total. The molecule has 3 heterocycles. The molecular weight excluding hydrogens is 204 g/mol. The standard InChI is InChI=1S/C12H22N2O2/c1-14-5-4-12(15,8-14)11(7-13)6-9-2-3-10(11)16-9/h9-10,15H,2-8,13H2,1H3. The van der Waals surface area contributed by atoms with Gasteiger partial charge < -0.3 is 20.5 Å². The SMILES string of the molecule is CN1CCC(O)(C2(CN)CC3CCC2O3)C1. The van der Waals surface area contributed by atoms with Crippen LogP contribution in [0.15, 0.2) is 0 Å². The van der Waals surface area contributed by atoms with Gasteiger partial charge in [0.1, 0.15) is 0 Å². The molecule has 3 fully saturated rings. The highest BCUT2D eigenvalue weighted by Crippen LogP contribution is 2.55. The Morgan fingerprint density at radius 1 is 1.50 bits per heavy atom. The second-order valence-corrected chi connectivity index (χ2v) is 5.91. The van der Waals surface area contributed by atoms with E-state index in [0.29, 0.717) is 12.6 Å². The predicted molar refractivity (Wildman–Crippen MR) is 61.1 cm³/mol. The Hall–Kier alpha value is -0.160. The third-order valence-corrected chi connectivity index (χ3v) is 5.05. The van der Waals surface area contributed by atoms with Crippen molar-refractivity contribution in [1.29, 1.82) is 0 Å². The Balaban J connectivity index is 1.91. The molecule has 0 aromatic carbocycles. The maximum atomic E-state index is 10.9. The number of likely N-dealkylation sites (tertiary alicyclic amines) is 1. The highest BCUT2D eigenvalue weighted by Gasteiger charge is 2.63. The van der Waals surface area contributed by atoms with Gasteiger partial charge in [-0.25, -0.2) is 0 Å². The molecule has 3 saturated heterocycles. The van der Waals surface area contributed by atoms with E-state index >= 15 is 0 Å². The van der Waals surface area contributed by atoms with E-state index < -0.39 is 5.60 Å². The van der Waals surface area contributed by atoms with Crippen LogP contribution in [0.4, 0.5) is 0 Å². The molecular formula is C12H22N2O2. The fourth-order valence-electron chi connectivity index (χ4n) is 4.08. The number of ether oxygens (including phenoxy) is 1. The van der Waals surface area contributed by atoms with Crippen molar-refractivity contribution in [3.8, 4) is 0 Å². The van der Waals surface area contributed by atoms with Gasteiger partial charge in [0, 0.05) is 25.0 Å². The van der Waals surface area contributed by atoms with E-state index in [0.717, 1.165) is 38.8 Å². The zero-order valence-electron chi connectivity index (χ0n) is 9.98. The molecule has 3 aliphatic rings. The molecule has 0 aromatic rings. The lowest BCUT2D eigenvalue weighted by Crippen LogP contribution is -2.58. The zero-order valence-corrected chi connectivity index (χ0v) is 9.98. The predicted octanol–water partition coefficient (Wildman–Crippen LogP) is -0.0506. The molecule has 3 rings (SSSR count). The van der Waals surface area contributed by atoms with Crippen LogP contribution in [0, 0.1) is 5.41 Å². The lowest BCUT2D eigenvalue weighted by molar-refractivity contribution is -0.102. The van der Waals surface area contributed by atoms with Crippen LogP contribution < -0.4 is 5.73 Å². The summed E-state index contributed by atoms with van der Waals surface area (Å²) in [5.41, 5.74) is 5.20. The largest absolute Gasteiger partial charge is 0.388 e. The Labute approximate surface area is 96.7 Å². The summed E-state index contributed by atoms with van der Waals surface area (Å²) in [4.78, 5) is 2.20. The molecule has 0 aliphatic carbocycles. The average molecular weight is 226 g/mol. The van der Waals surface area contributed by atoms with Crippen molar-refractivity contribution in [2.45, 2.75) is 43.5 Å². The van der Waals surface area contributed by atoms with E-state index in [9.17, 15) is 5.11 Å². The van der Waals surface area contributed by atoms with E-state index in [1.54, 1.807) is 0 Å². The number of nitrogens with two attached hydrogens (primary N) is 1. The van der Waals surface area contributed by atoms with E-state index in [1.165, 1.54) is 0 Å². The zero-order chi connectivity index (χ0) is 11.4. The first-order valence-corrected chi connectivity index (χ1v) is 6.36. The molecule has 0 spiro atoms. The maximum Gasteiger partial charge on any atom is 0.0879 e. The first-order chi connectivity index (χ1) is 7.60. The number of rotatable bonds is 2. The molecule has 0 saturated carbocycles. The van der Waals surface area contributed by atoms with Crippen LogP contribution >= 0.6 is 0 Å².